The molecule has 128 valence electrons. The van der Waals surface area contributed by atoms with Crippen LogP contribution in [0.5, 0.6) is 0 Å². The molecule has 3 aromatic rings. The Labute approximate surface area is 147 Å². The first kappa shape index (κ1) is 17.1. The van der Waals surface area contributed by atoms with Gasteiger partial charge in [-0.15, -0.1) is 0 Å². The molecule has 0 saturated carbocycles. The summed E-state index contributed by atoms with van der Waals surface area (Å²) in [5.41, 5.74) is 4.07. The van der Waals surface area contributed by atoms with Gasteiger partial charge in [-0.2, -0.15) is 5.26 Å². The Morgan fingerprint density at radius 1 is 1.16 bits per heavy atom. The number of rotatable bonds is 4. The Balaban J connectivity index is 2.22. The molecule has 3 rings (SSSR count). The number of benzene rings is 2. The lowest BCUT2D eigenvalue weighted by atomic mass is 10.0. The predicted molar refractivity (Wildman–Crippen MR) is 101 cm³/mol. The van der Waals surface area contributed by atoms with Gasteiger partial charge < -0.3 is 4.57 Å². The quantitative estimate of drug-likeness (QED) is 0.766. The maximum Gasteiger partial charge on any atom is 0.229 e. The molecule has 0 aliphatic carbocycles. The number of hydrogen-bond donors (Lipinski definition) is 1. The summed E-state index contributed by atoms with van der Waals surface area (Å²) in [7, 11) is -3.33. The number of sulfonamides is 1. The van der Waals surface area contributed by atoms with E-state index in [0.29, 0.717) is 11.3 Å². The van der Waals surface area contributed by atoms with Crippen LogP contribution in [0, 0.1) is 11.3 Å². The zero-order chi connectivity index (χ0) is 18.2. The molecule has 0 unspecified atom stereocenters. The zero-order valence-electron chi connectivity index (χ0n) is 14.3. The lowest BCUT2D eigenvalue weighted by Crippen LogP contribution is -2.09. The number of nitriles is 1. The van der Waals surface area contributed by atoms with Crippen LogP contribution in [0.3, 0.4) is 0 Å². The Hall–Kier alpha value is -2.78. The van der Waals surface area contributed by atoms with Gasteiger partial charge in [0.25, 0.3) is 0 Å². The Bertz CT molecular complexity index is 1090. The van der Waals surface area contributed by atoms with Crippen molar-refractivity contribution in [2.45, 2.75) is 19.9 Å². The summed E-state index contributed by atoms with van der Waals surface area (Å²) in [5.74, 6) is 0. The summed E-state index contributed by atoms with van der Waals surface area (Å²) >= 11 is 0. The summed E-state index contributed by atoms with van der Waals surface area (Å²) in [4.78, 5) is 0. The van der Waals surface area contributed by atoms with Crippen LogP contribution in [0.15, 0.2) is 48.7 Å². The summed E-state index contributed by atoms with van der Waals surface area (Å²) in [5, 5.41) is 10.2. The van der Waals surface area contributed by atoms with Crippen LogP contribution in [0.25, 0.3) is 22.0 Å². The lowest BCUT2D eigenvalue weighted by Gasteiger charge is -2.10. The SMILES string of the molecule is CC(C)n1cc(-c2cccc(C#N)c2)c2ccc(NS(C)(=O)=O)cc21. The first-order valence-corrected chi connectivity index (χ1v) is 9.80. The van der Waals surface area contributed by atoms with E-state index in [1.807, 2.05) is 30.3 Å². The van der Waals surface area contributed by atoms with Crippen molar-refractivity contribution in [1.82, 2.24) is 4.57 Å². The second kappa shape index (κ2) is 6.26. The molecule has 1 aromatic heterocycles. The van der Waals surface area contributed by atoms with Gasteiger partial charge in [-0.25, -0.2) is 8.42 Å². The summed E-state index contributed by atoms with van der Waals surface area (Å²) in [6.07, 6.45) is 3.19. The molecule has 1 heterocycles. The molecule has 2 aromatic carbocycles. The van der Waals surface area contributed by atoms with Gasteiger partial charge in [0.1, 0.15) is 0 Å². The van der Waals surface area contributed by atoms with E-state index in [2.05, 4.69) is 35.4 Å². The first-order chi connectivity index (χ1) is 11.8. The van der Waals surface area contributed by atoms with Crippen molar-refractivity contribution in [2.75, 3.05) is 11.0 Å². The number of nitrogens with zero attached hydrogens (tertiary/aromatic N) is 2. The fraction of sp³-hybridized carbons (Fsp3) is 0.211. The lowest BCUT2D eigenvalue weighted by molar-refractivity contribution is 0.607. The molecule has 25 heavy (non-hydrogen) atoms. The molecular formula is C19H19N3O2S. The van der Waals surface area contributed by atoms with Crippen molar-refractivity contribution >= 4 is 26.6 Å². The molecule has 0 fully saturated rings. The number of anilines is 1. The van der Waals surface area contributed by atoms with E-state index in [4.69, 9.17) is 5.26 Å². The molecule has 0 aliphatic rings. The van der Waals surface area contributed by atoms with E-state index < -0.39 is 10.0 Å². The molecule has 5 nitrogen and oxygen atoms in total. The van der Waals surface area contributed by atoms with E-state index in [0.717, 1.165) is 28.3 Å². The fourth-order valence-electron chi connectivity index (χ4n) is 2.94. The molecule has 0 saturated heterocycles. The minimum absolute atomic E-state index is 0.212. The third-order valence-electron chi connectivity index (χ3n) is 4.00. The van der Waals surface area contributed by atoms with E-state index in [-0.39, 0.29) is 6.04 Å². The number of fused-ring (bicyclic) bond motifs is 1. The van der Waals surface area contributed by atoms with Crippen molar-refractivity contribution in [2.24, 2.45) is 0 Å². The standard InChI is InChI=1S/C19H19N3O2S/c1-13(2)22-12-18(15-6-4-5-14(9-15)11-20)17-8-7-16(10-19(17)22)21-25(3,23)24/h4-10,12-13,21H,1-3H3. The third-order valence-corrected chi connectivity index (χ3v) is 4.60. The molecule has 0 aliphatic heterocycles. The van der Waals surface area contributed by atoms with Crippen LogP contribution < -0.4 is 4.72 Å². The molecule has 0 atom stereocenters. The minimum atomic E-state index is -3.33. The van der Waals surface area contributed by atoms with Gasteiger partial charge in [0, 0.05) is 23.2 Å². The number of hydrogen-bond acceptors (Lipinski definition) is 3. The highest BCUT2D eigenvalue weighted by Crippen LogP contribution is 2.34. The normalized spacial score (nSPS) is 11.6. The van der Waals surface area contributed by atoms with Crippen LogP contribution >= 0.6 is 0 Å². The van der Waals surface area contributed by atoms with Gasteiger partial charge >= 0.3 is 0 Å². The largest absolute Gasteiger partial charge is 0.344 e. The van der Waals surface area contributed by atoms with E-state index >= 15 is 0 Å². The van der Waals surface area contributed by atoms with Crippen molar-refractivity contribution in [3.63, 3.8) is 0 Å². The fourth-order valence-corrected chi connectivity index (χ4v) is 3.50. The number of aromatic nitrogens is 1. The average Bonchev–Trinajstić information content (AvgIpc) is 2.92. The van der Waals surface area contributed by atoms with Crippen molar-refractivity contribution in [3.05, 3.63) is 54.2 Å². The highest BCUT2D eigenvalue weighted by molar-refractivity contribution is 7.92. The van der Waals surface area contributed by atoms with E-state index in [1.54, 1.807) is 12.1 Å². The van der Waals surface area contributed by atoms with Crippen LogP contribution in [0.1, 0.15) is 25.5 Å². The van der Waals surface area contributed by atoms with Crippen LogP contribution in [0.4, 0.5) is 5.69 Å². The highest BCUT2D eigenvalue weighted by Gasteiger charge is 2.14. The van der Waals surface area contributed by atoms with Gasteiger partial charge in [0.05, 0.1) is 29.1 Å². The molecule has 0 bridgehead atoms. The molecule has 0 radical (unpaired) electrons. The van der Waals surface area contributed by atoms with Gasteiger partial charge in [0.15, 0.2) is 0 Å². The predicted octanol–water partition coefficient (Wildman–Crippen LogP) is 4.13. The van der Waals surface area contributed by atoms with Crippen LogP contribution in [-0.4, -0.2) is 19.2 Å². The maximum atomic E-state index is 11.5. The van der Waals surface area contributed by atoms with Gasteiger partial charge in [-0.3, -0.25) is 4.72 Å². The average molecular weight is 353 g/mol. The second-order valence-corrected chi connectivity index (χ2v) is 8.09. The molecular weight excluding hydrogens is 334 g/mol. The van der Waals surface area contributed by atoms with E-state index in [1.165, 1.54) is 0 Å². The van der Waals surface area contributed by atoms with Gasteiger partial charge in [0.2, 0.25) is 10.0 Å². The van der Waals surface area contributed by atoms with Gasteiger partial charge in [-0.05, 0) is 43.7 Å². The van der Waals surface area contributed by atoms with E-state index in [9.17, 15) is 8.42 Å². The summed E-state index contributed by atoms with van der Waals surface area (Å²) in [6.45, 7) is 4.15. The Morgan fingerprint density at radius 2 is 1.92 bits per heavy atom. The topological polar surface area (TPSA) is 74.9 Å². The van der Waals surface area contributed by atoms with Crippen molar-refractivity contribution in [3.8, 4) is 17.2 Å². The van der Waals surface area contributed by atoms with Crippen LogP contribution in [-0.2, 0) is 10.0 Å². The minimum Gasteiger partial charge on any atom is -0.344 e. The molecule has 1 N–H and O–H groups in total. The van der Waals surface area contributed by atoms with Crippen LogP contribution in [0.2, 0.25) is 0 Å². The maximum absolute atomic E-state index is 11.5. The third kappa shape index (κ3) is 3.52. The number of nitrogens with one attached hydrogen (secondary N) is 1. The summed E-state index contributed by atoms with van der Waals surface area (Å²) < 4.78 is 27.6. The zero-order valence-corrected chi connectivity index (χ0v) is 15.1. The summed E-state index contributed by atoms with van der Waals surface area (Å²) in [6, 6.07) is 15.4. The Kier molecular flexibility index (Phi) is 4.27. The van der Waals surface area contributed by atoms with Crippen molar-refractivity contribution < 1.29 is 8.42 Å². The Morgan fingerprint density at radius 3 is 2.56 bits per heavy atom. The monoisotopic (exact) mass is 353 g/mol. The molecule has 0 amide bonds. The highest BCUT2D eigenvalue weighted by atomic mass is 32.2. The molecule has 0 spiro atoms. The smallest absolute Gasteiger partial charge is 0.229 e. The van der Waals surface area contributed by atoms with Gasteiger partial charge in [-0.1, -0.05) is 18.2 Å². The first-order valence-electron chi connectivity index (χ1n) is 7.91. The van der Waals surface area contributed by atoms with Crippen molar-refractivity contribution in [1.29, 1.82) is 5.26 Å². The second-order valence-electron chi connectivity index (χ2n) is 6.34. The molecule has 6 heteroatoms.